The molecule has 1 rings (SSSR count). The van der Waals surface area contributed by atoms with Crippen LogP contribution in [0.3, 0.4) is 0 Å². The fraction of sp³-hybridized carbons (Fsp3) is 0.733. The minimum atomic E-state index is -0.955. The van der Waals surface area contributed by atoms with Crippen LogP contribution in [0.2, 0.25) is 0 Å². The molecular formula is C15H26O3. The predicted molar refractivity (Wildman–Crippen MR) is 73.2 cm³/mol. The van der Waals surface area contributed by atoms with Crippen LogP contribution in [-0.4, -0.2) is 33.1 Å². The highest BCUT2D eigenvalue weighted by atomic mass is 16.3. The first kappa shape index (κ1) is 15.4. The van der Waals surface area contributed by atoms with E-state index in [1.54, 1.807) is 6.92 Å². The molecule has 0 aromatic heterocycles. The molecule has 0 saturated carbocycles. The van der Waals surface area contributed by atoms with Crippen LogP contribution in [0.25, 0.3) is 0 Å². The van der Waals surface area contributed by atoms with Gasteiger partial charge in [-0.1, -0.05) is 17.7 Å². The van der Waals surface area contributed by atoms with E-state index in [-0.39, 0.29) is 5.92 Å². The van der Waals surface area contributed by atoms with Gasteiger partial charge in [-0.3, -0.25) is 0 Å². The highest BCUT2D eigenvalue weighted by molar-refractivity contribution is 5.15. The molecule has 104 valence electrons. The van der Waals surface area contributed by atoms with Gasteiger partial charge in [0.2, 0.25) is 0 Å². The van der Waals surface area contributed by atoms with Crippen molar-refractivity contribution in [2.45, 2.75) is 64.8 Å². The molecule has 1 aliphatic rings. The number of allylic oxidation sites excluding steroid dienone is 3. The third kappa shape index (κ3) is 3.67. The summed E-state index contributed by atoms with van der Waals surface area (Å²) in [6.45, 7) is 7.61. The fourth-order valence-electron chi connectivity index (χ4n) is 2.52. The maximum absolute atomic E-state index is 10.5. The average Bonchev–Trinajstić information content (AvgIpc) is 2.24. The van der Waals surface area contributed by atoms with Crippen LogP contribution in [0, 0.1) is 5.92 Å². The van der Waals surface area contributed by atoms with E-state index in [4.69, 9.17) is 0 Å². The lowest BCUT2D eigenvalue weighted by Crippen LogP contribution is -2.48. The summed E-state index contributed by atoms with van der Waals surface area (Å²) in [5.74, 6) is -0.304. The van der Waals surface area contributed by atoms with E-state index in [1.807, 2.05) is 26.8 Å². The Bertz CT molecular complexity index is 338. The second-order valence-electron chi connectivity index (χ2n) is 5.90. The van der Waals surface area contributed by atoms with Crippen LogP contribution in [0.5, 0.6) is 0 Å². The summed E-state index contributed by atoms with van der Waals surface area (Å²) in [6, 6.07) is 0. The van der Waals surface area contributed by atoms with Crippen molar-refractivity contribution in [3.05, 3.63) is 23.3 Å². The smallest absolute Gasteiger partial charge is 0.101 e. The molecule has 1 aliphatic carbocycles. The first-order valence-corrected chi connectivity index (χ1v) is 6.64. The van der Waals surface area contributed by atoms with Crippen LogP contribution in [-0.2, 0) is 0 Å². The van der Waals surface area contributed by atoms with E-state index in [0.717, 1.165) is 12.0 Å². The Labute approximate surface area is 110 Å². The number of hydrogen-bond acceptors (Lipinski definition) is 3. The number of aliphatic hydroxyl groups excluding tert-OH is 2. The topological polar surface area (TPSA) is 60.7 Å². The molecule has 0 fully saturated rings. The Morgan fingerprint density at radius 1 is 1.44 bits per heavy atom. The molecule has 0 saturated heterocycles. The lowest BCUT2D eigenvalue weighted by Gasteiger charge is -2.40. The van der Waals surface area contributed by atoms with Crippen molar-refractivity contribution in [2.24, 2.45) is 5.92 Å². The molecule has 0 radical (unpaired) electrons. The Morgan fingerprint density at radius 3 is 2.61 bits per heavy atom. The highest BCUT2D eigenvalue weighted by Crippen LogP contribution is 2.35. The van der Waals surface area contributed by atoms with Crippen LogP contribution in [0.4, 0.5) is 0 Å². The first-order valence-electron chi connectivity index (χ1n) is 6.64. The summed E-state index contributed by atoms with van der Waals surface area (Å²) in [4.78, 5) is 0. The number of aliphatic hydroxyl groups is 3. The van der Waals surface area contributed by atoms with Crippen molar-refractivity contribution in [2.75, 3.05) is 0 Å². The minimum Gasteiger partial charge on any atom is -0.390 e. The molecule has 4 atom stereocenters. The van der Waals surface area contributed by atoms with Crippen LogP contribution in [0.1, 0.15) is 47.0 Å². The van der Waals surface area contributed by atoms with Gasteiger partial charge in [-0.25, -0.2) is 0 Å². The van der Waals surface area contributed by atoms with Gasteiger partial charge in [0.05, 0.1) is 11.7 Å². The lowest BCUT2D eigenvalue weighted by molar-refractivity contribution is -0.0987. The van der Waals surface area contributed by atoms with Gasteiger partial charge < -0.3 is 15.3 Å². The molecule has 3 heteroatoms. The average molecular weight is 254 g/mol. The summed E-state index contributed by atoms with van der Waals surface area (Å²) in [7, 11) is 0. The Balaban J connectivity index is 2.70. The van der Waals surface area contributed by atoms with Gasteiger partial charge in [-0.15, -0.1) is 0 Å². The fourth-order valence-corrected chi connectivity index (χ4v) is 2.52. The van der Waals surface area contributed by atoms with E-state index >= 15 is 0 Å². The normalized spacial score (nSPS) is 31.5. The maximum Gasteiger partial charge on any atom is 0.101 e. The van der Waals surface area contributed by atoms with E-state index in [9.17, 15) is 15.3 Å². The zero-order chi connectivity index (χ0) is 13.9. The van der Waals surface area contributed by atoms with Crippen LogP contribution >= 0.6 is 0 Å². The van der Waals surface area contributed by atoms with Gasteiger partial charge in [-0.05, 0) is 52.5 Å². The molecule has 3 N–H and O–H groups in total. The molecule has 0 aromatic rings. The van der Waals surface area contributed by atoms with E-state index in [1.165, 1.54) is 5.57 Å². The molecular weight excluding hydrogens is 228 g/mol. The zero-order valence-electron chi connectivity index (χ0n) is 11.8. The van der Waals surface area contributed by atoms with Gasteiger partial charge in [0, 0.05) is 5.92 Å². The van der Waals surface area contributed by atoms with Crippen molar-refractivity contribution in [3.8, 4) is 0 Å². The predicted octanol–water partition coefficient (Wildman–Crippen LogP) is 2.17. The second-order valence-corrected chi connectivity index (χ2v) is 5.90. The summed E-state index contributed by atoms with van der Waals surface area (Å²) >= 11 is 0. The molecule has 0 amide bonds. The number of hydrogen-bond donors (Lipinski definition) is 3. The molecule has 0 spiro atoms. The quantitative estimate of drug-likeness (QED) is 0.674. The molecule has 0 bridgehead atoms. The molecule has 18 heavy (non-hydrogen) atoms. The summed E-state index contributed by atoms with van der Waals surface area (Å²) < 4.78 is 0. The molecule has 0 aliphatic heterocycles. The van der Waals surface area contributed by atoms with Gasteiger partial charge in [0.15, 0.2) is 0 Å². The van der Waals surface area contributed by atoms with Crippen molar-refractivity contribution in [3.63, 3.8) is 0 Å². The van der Waals surface area contributed by atoms with Crippen molar-refractivity contribution in [1.82, 2.24) is 0 Å². The van der Waals surface area contributed by atoms with Crippen molar-refractivity contribution in [1.29, 1.82) is 0 Å². The summed E-state index contributed by atoms with van der Waals surface area (Å²) in [5.41, 5.74) is 1.06. The summed E-state index contributed by atoms with van der Waals surface area (Å²) in [5, 5.41) is 30.4. The third-order valence-corrected chi connectivity index (χ3v) is 3.90. The highest BCUT2D eigenvalue weighted by Gasteiger charge is 2.41. The first-order chi connectivity index (χ1) is 8.25. The van der Waals surface area contributed by atoms with Gasteiger partial charge in [0.1, 0.15) is 6.10 Å². The molecule has 3 nitrogen and oxygen atoms in total. The monoisotopic (exact) mass is 254 g/mol. The van der Waals surface area contributed by atoms with Crippen LogP contribution in [0.15, 0.2) is 23.3 Å². The van der Waals surface area contributed by atoms with Gasteiger partial charge >= 0.3 is 0 Å². The van der Waals surface area contributed by atoms with Crippen molar-refractivity contribution >= 4 is 0 Å². The maximum atomic E-state index is 10.5. The summed E-state index contributed by atoms with van der Waals surface area (Å²) in [6.07, 6.45) is 4.27. The van der Waals surface area contributed by atoms with E-state index in [0.29, 0.717) is 12.8 Å². The molecule has 0 aromatic carbocycles. The van der Waals surface area contributed by atoms with E-state index in [2.05, 4.69) is 6.08 Å². The van der Waals surface area contributed by atoms with E-state index < -0.39 is 17.8 Å². The SMILES string of the molecule is CC(C)=CCC[C@](C)(O)[C@@H]1CC=C(C)[C@H](O)[C@@H]1O. The second kappa shape index (κ2) is 6.00. The van der Waals surface area contributed by atoms with Gasteiger partial charge in [0.25, 0.3) is 0 Å². The zero-order valence-corrected chi connectivity index (χ0v) is 11.8. The number of rotatable bonds is 4. The Hall–Kier alpha value is -0.640. The van der Waals surface area contributed by atoms with Crippen LogP contribution < -0.4 is 0 Å². The Kier molecular flexibility index (Phi) is 5.14. The standard InChI is InChI=1S/C15H26O3/c1-10(2)6-5-9-15(4,18)12-8-7-11(3)13(16)14(12)17/h6-7,12-14,16-18H,5,8-9H2,1-4H3/t12-,13+,14-,15+/m1/s1. The largest absolute Gasteiger partial charge is 0.390 e. The lowest BCUT2D eigenvalue weighted by atomic mass is 9.73. The molecule has 0 heterocycles. The van der Waals surface area contributed by atoms with Crippen molar-refractivity contribution < 1.29 is 15.3 Å². The molecule has 0 unspecified atom stereocenters. The minimum absolute atomic E-state index is 0.304. The van der Waals surface area contributed by atoms with Gasteiger partial charge in [-0.2, -0.15) is 0 Å². The Morgan fingerprint density at radius 2 is 2.06 bits per heavy atom. The third-order valence-electron chi connectivity index (χ3n) is 3.90.